The smallest absolute Gasteiger partial charge is 0.258 e. The van der Waals surface area contributed by atoms with Crippen molar-refractivity contribution in [2.24, 2.45) is 7.05 Å². The van der Waals surface area contributed by atoms with E-state index in [0.717, 1.165) is 22.2 Å². The van der Waals surface area contributed by atoms with E-state index in [4.69, 9.17) is 9.15 Å². The van der Waals surface area contributed by atoms with Gasteiger partial charge in [-0.15, -0.1) is 0 Å². The minimum atomic E-state index is -0.213. The molecule has 0 saturated heterocycles. The molecule has 0 unspecified atom stereocenters. The van der Waals surface area contributed by atoms with Crippen LogP contribution in [0.5, 0.6) is 5.75 Å². The van der Waals surface area contributed by atoms with Crippen LogP contribution in [-0.2, 0) is 24.9 Å². The van der Waals surface area contributed by atoms with E-state index < -0.39 is 0 Å². The summed E-state index contributed by atoms with van der Waals surface area (Å²) in [6, 6.07) is 18.8. The number of aryl methyl sites for hydroxylation is 1. The zero-order valence-electron chi connectivity index (χ0n) is 18.1. The molecule has 0 aliphatic heterocycles. The molecule has 2 aromatic carbocycles. The van der Waals surface area contributed by atoms with Crippen LogP contribution in [0.2, 0.25) is 0 Å². The average molecular weight is 431 g/mol. The topological polar surface area (TPSA) is 85.5 Å². The first-order valence-electron chi connectivity index (χ1n) is 10.4. The first-order chi connectivity index (χ1) is 15.5. The largest absolute Gasteiger partial charge is 0.484 e. The molecule has 7 heteroatoms. The maximum absolute atomic E-state index is 12.9. The quantitative estimate of drug-likeness (QED) is 0.445. The van der Waals surface area contributed by atoms with Gasteiger partial charge in [0.1, 0.15) is 11.5 Å². The molecule has 0 bridgehead atoms. The van der Waals surface area contributed by atoms with Gasteiger partial charge >= 0.3 is 0 Å². The number of carbonyl (C=O) groups is 2. The molecule has 0 aliphatic rings. The summed E-state index contributed by atoms with van der Waals surface area (Å²) in [6.07, 6.45) is 1.57. The molecule has 0 aliphatic carbocycles. The van der Waals surface area contributed by atoms with Crippen LogP contribution in [0.3, 0.4) is 0 Å². The van der Waals surface area contributed by atoms with Gasteiger partial charge in [0, 0.05) is 30.2 Å². The van der Waals surface area contributed by atoms with Crippen molar-refractivity contribution >= 4 is 22.7 Å². The van der Waals surface area contributed by atoms with Gasteiger partial charge in [0.05, 0.1) is 18.4 Å². The number of hydrogen-bond acceptors (Lipinski definition) is 4. The van der Waals surface area contributed by atoms with Crippen LogP contribution in [0.4, 0.5) is 0 Å². The Morgan fingerprint density at radius 1 is 1.00 bits per heavy atom. The average Bonchev–Trinajstić information content (AvgIpc) is 3.42. The molecule has 0 saturated carbocycles. The van der Waals surface area contributed by atoms with E-state index in [0.29, 0.717) is 30.2 Å². The number of carbonyl (C=O) groups excluding carboxylic acids is 2. The Kier molecular flexibility index (Phi) is 6.26. The van der Waals surface area contributed by atoms with Crippen LogP contribution in [0.1, 0.15) is 27.4 Å². The Balaban J connectivity index is 1.44. The molecule has 0 radical (unpaired) electrons. The lowest BCUT2D eigenvalue weighted by Crippen LogP contribution is -2.28. The van der Waals surface area contributed by atoms with Crippen molar-refractivity contribution in [3.8, 4) is 5.75 Å². The Hall–Kier alpha value is -4.00. The molecule has 2 N–H and O–H groups in total. The highest BCUT2D eigenvalue weighted by molar-refractivity contribution is 6.08. The zero-order valence-corrected chi connectivity index (χ0v) is 18.1. The summed E-state index contributed by atoms with van der Waals surface area (Å²) in [4.78, 5) is 25.1. The first-order valence-corrected chi connectivity index (χ1v) is 10.4. The van der Waals surface area contributed by atoms with Crippen LogP contribution in [-0.4, -0.2) is 23.0 Å². The van der Waals surface area contributed by atoms with E-state index in [9.17, 15) is 9.59 Å². The Labute approximate surface area is 186 Å². The number of furan rings is 1. The van der Waals surface area contributed by atoms with E-state index in [2.05, 4.69) is 10.6 Å². The number of rotatable bonds is 8. The fourth-order valence-corrected chi connectivity index (χ4v) is 3.59. The Bertz CT molecular complexity index is 1230. The molecule has 32 heavy (non-hydrogen) atoms. The third-order valence-corrected chi connectivity index (χ3v) is 5.40. The number of benzene rings is 2. The monoisotopic (exact) mass is 431 g/mol. The van der Waals surface area contributed by atoms with Gasteiger partial charge < -0.3 is 24.4 Å². The Morgan fingerprint density at radius 3 is 2.56 bits per heavy atom. The minimum absolute atomic E-state index is 0.107. The fraction of sp³-hybridized carbons (Fsp3) is 0.200. The standard InChI is InChI=1S/C25H25N3O4/c1-17-24(25(30)27-15-20-9-6-12-31-20)21-13-19(10-11-22(21)28(17)2)32-16-23(29)26-14-18-7-4-3-5-8-18/h3-13H,14-16H2,1-2H3,(H,26,29)(H,27,30). The van der Waals surface area contributed by atoms with Crippen LogP contribution in [0.15, 0.2) is 71.3 Å². The first kappa shape index (κ1) is 21.2. The third-order valence-electron chi connectivity index (χ3n) is 5.40. The lowest BCUT2D eigenvalue weighted by Gasteiger charge is -2.08. The summed E-state index contributed by atoms with van der Waals surface area (Å²) in [5.74, 6) is 0.802. The van der Waals surface area contributed by atoms with Crippen LogP contribution < -0.4 is 15.4 Å². The predicted octanol–water partition coefficient (Wildman–Crippen LogP) is 3.70. The van der Waals surface area contributed by atoms with Gasteiger partial charge in [0.2, 0.25) is 0 Å². The molecule has 0 fully saturated rings. The highest BCUT2D eigenvalue weighted by Crippen LogP contribution is 2.28. The number of nitrogens with zero attached hydrogens (tertiary/aromatic N) is 1. The molecule has 7 nitrogen and oxygen atoms in total. The third kappa shape index (κ3) is 4.67. The Morgan fingerprint density at radius 2 is 1.81 bits per heavy atom. The van der Waals surface area contributed by atoms with Gasteiger partial charge in [-0.3, -0.25) is 9.59 Å². The van der Waals surface area contributed by atoms with Gasteiger partial charge in [-0.25, -0.2) is 0 Å². The lowest BCUT2D eigenvalue weighted by atomic mass is 10.1. The van der Waals surface area contributed by atoms with Gasteiger partial charge in [-0.1, -0.05) is 30.3 Å². The maximum atomic E-state index is 12.9. The number of ether oxygens (including phenoxy) is 1. The van der Waals surface area contributed by atoms with Crippen molar-refractivity contribution in [2.75, 3.05) is 6.61 Å². The van der Waals surface area contributed by atoms with Crippen LogP contribution in [0.25, 0.3) is 10.9 Å². The molecule has 2 aromatic heterocycles. The van der Waals surface area contributed by atoms with E-state index >= 15 is 0 Å². The number of fused-ring (bicyclic) bond motifs is 1. The normalized spacial score (nSPS) is 10.8. The highest BCUT2D eigenvalue weighted by Gasteiger charge is 2.19. The molecule has 4 aromatic rings. The van der Waals surface area contributed by atoms with E-state index in [1.807, 2.05) is 61.0 Å². The van der Waals surface area contributed by atoms with Crippen LogP contribution >= 0.6 is 0 Å². The van der Waals surface area contributed by atoms with Crippen molar-refractivity contribution in [1.82, 2.24) is 15.2 Å². The second-order valence-electron chi connectivity index (χ2n) is 7.51. The van der Waals surface area contributed by atoms with E-state index in [-0.39, 0.29) is 18.4 Å². The van der Waals surface area contributed by atoms with Gasteiger partial charge in [0.15, 0.2) is 6.61 Å². The molecule has 2 heterocycles. The van der Waals surface area contributed by atoms with Crippen molar-refractivity contribution in [1.29, 1.82) is 0 Å². The molecule has 0 atom stereocenters. The summed E-state index contributed by atoms with van der Waals surface area (Å²) in [5, 5.41) is 6.50. The highest BCUT2D eigenvalue weighted by atomic mass is 16.5. The summed E-state index contributed by atoms with van der Waals surface area (Å²) in [6.45, 7) is 2.54. The van der Waals surface area contributed by atoms with E-state index in [1.54, 1.807) is 24.5 Å². The number of aromatic nitrogens is 1. The predicted molar refractivity (Wildman–Crippen MR) is 121 cm³/mol. The van der Waals surface area contributed by atoms with Crippen LogP contribution in [0, 0.1) is 6.92 Å². The number of hydrogen-bond donors (Lipinski definition) is 2. The van der Waals surface area contributed by atoms with E-state index in [1.165, 1.54) is 0 Å². The summed E-state index contributed by atoms with van der Waals surface area (Å²) >= 11 is 0. The van der Waals surface area contributed by atoms with Crippen molar-refractivity contribution in [3.63, 3.8) is 0 Å². The molecule has 164 valence electrons. The minimum Gasteiger partial charge on any atom is -0.484 e. The summed E-state index contributed by atoms with van der Waals surface area (Å²) in [5.41, 5.74) is 3.35. The molecular weight excluding hydrogens is 406 g/mol. The van der Waals surface area contributed by atoms with Crippen molar-refractivity contribution in [3.05, 3.63) is 89.5 Å². The SMILES string of the molecule is Cc1c(C(=O)NCc2ccco2)c2cc(OCC(=O)NCc3ccccc3)ccc2n1C. The molecular formula is C25H25N3O4. The lowest BCUT2D eigenvalue weighted by molar-refractivity contribution is -0.123. The molecule has 2 amide bonds. The number of nitrogens with one attached hydrogen (secondary N) is 2. The molecule has 0 spiro atoms. The second kappa shape index (κ2) is 9.43. The summed E-state index contributed by atoms with van der Waals surface area (Å²) < 4.78 is 13.0. The maximum Gasteiger partial charge on any atom is 0.258 e. The zero-order chi connectivity index (χ0) is 22.5. The fourth-order valence-electron chi connectivity index (χ4n) is 3.59. The van der Waals surface area contributed by atoms with Gasteiger partial charge in [-0.2, -0.15) is 0 Å². The summed E-state index contributed by atoms with van der Waals surface area (Å²) in [7, 11) is 1.92. The van der Waals surface area contributed by atoms with Crippen molar-refractivity contribution in [2.45, 2.75) is 20.0 Å². The molecule has 4 rings (SSSR count). The van der Waals surface area contributed by atoms with Crippen molar-refractivity contribution < 1.29 is 18.7 Å². The van der Waals surface area contributed by atoms with Gasteiger partial charge in [-0.05, 0) is 42.8 Å². The van der Waals surface area contributed by atoms with Gasteiger partial charge in [0.25, 0.3) is 11.8 Å². The number of amides is 2. The second-order valence-corrected chi connectivity index (χ2v) is 7.51.